The fraction of sp³-hybridized carbons (Fsp3) is 0.190. The zero-order valence-corrected chi connectivity index (χ0v) is 17.3. The molecule has 0 aliphatic heterocycles. The summed E-state index contributed by atoms with van der Waals surface area (Å²) in [6, 6.07) is 12.5. The zero-order chi connectivity index (χ0) is 20.7. The topological polar surface area (TPSA) is 88.4 Å². The number of nitrogens with zero attached hydrogens (tertiary/aromatic N) is 1. The van der Waals surface area contributed by atoms with Crippen molar-refractivity contribution < 1.29 is 19.1 Å². The second-order valence-electron chi connectivity index (χ2n) is 5.92. The van der Waals surface area contributed by atoms with Crippen molar-refractivity contribution in [2.24, 2.45) is 0 Å². The first-order valence-corrected chi connectivity index (χ1v) is 9.13. The van der Waals surface area contributed by atoms with E-state index in [0.717, 1.165) is 15.6 Å². The van der Waals surface area contributed by atoms with Crippen LogP contribution < -0.4 is 10.1 Å². The Morgan fingerprint density at radius 2 is 2.00 bits per heavy atom. The Labute approximate surface area is 171 Å². The minimum Gasteiger partial charge on any atom is -0.481 e. The summed E-state index contributed by atoms with van der Waals surface area (Å²) in [7, 11) is 1.26. The molecule has 2 aromatic carbocycles. The number of carbonyl (C=O) groups excluding carboxylic acids is 2. The van der Waals surface area contributed by atoms with Gasteiger partial charge in [0, 0.05) is 15.7 Å². The van der Waals surface area contributed by atoms with Crippen LogP contribution in [0, 0.1) is 25.2 Å². The summed E-state index contributed by atoms with van der Waals surface area (Å²) in [4.78, 5) is 23.9. The number of aryl methyl sites for hydroxylation is 1. The molecule has 0 atom stereocenters. The predicted molar refractivity (Wildman–Crippen MR) is 110 cm³/mol. The maximum Gasteiger partial charge on any atom is 0.343 e. The Morgan fingerprint density at radius 1 is 1.25 bits per heavy atom. The van der Waals surface area contributed by atoms with Crippen molar-refractivity contribution in [3.05, 3.63) is 63.1 Å². The largest absolute Gasteiger partial charge is 0.481 e. The van der Waals surface area contributed by atoms with Crippen LogP contribution in [0.25, 0.3) is 6.08 Å². The molecule has 0 aliphatic carbocycles. The van der Waals surface area contributed by atoms with E-state index in [2.05, 4.69) is 26.0 Å². The molecule has 0 radical (unpaired) electrons. The van der Waals surface area contributed by atoms with Crippen LogP contribution >= 0.6 is 15.9 Å². The normalized spacial score (nSPS) is 10.8. The number of amides is 1. The first-order chi connectivity index (χ1) is 13.3. The van der Waals surface area contributed by atoms with Gasteiger partial charge in [-0.15, -0.1) is 0 Å². The highest BCUT2D eigenvalue weighted by Crippen LogP contribution is 2.26. The van der Waals surface area contributed by atoms with Crippen molar-refractivity contribution >= 4 is 39.6 Å². The van der Waals surface area contributed by atoms with Crippen molar-refractivity contribution in [2.45, 2.75) is 13.8 Å². The lowest BCUT2D eigenvalue weighted by Gasteiger charge is -2.11. The summed E-state index contributed by atoms with van der Waals surface area (Å²) in [5, 5.41) is 12.2. The Morgan fingerprint density at radius 3 is 2.68 bits per heavy atom. The van der Waals surface area contributed by atoms with Crippen LogP contribution in [0.4, 0.5) is 5.69 Å². The third kappa shape index (κ3) is 5.44. The SMILES string of the molecule is COC(=O)COc1ccc(Br)cc1/C=C(\C#N)C(=O)Nc1cccc(C)c1C. The van der Waals surface area contributed by atoms with Gasteiger partial charge in [-0.25, -0.2) is 4.79 Å². The first-order valence-electron chi connectivity index (χ1n) is 8.34. The molecule has 6 nitrogen and oxygen atoms in total. The van der Waals surface area contributed by atoms with Crippen molar-refractivity contribution in [3.8, 4) is 11.8 Å². The van der Waals surface area contributed by atoms with Gasteiger partial charge in [-0.2, -0.15) is 5.26 Å². The number of ether oxygens (including phenoxy) is 2. The predicted octanol–water partition coefficient (Wildman–Crippen LogP) is 4.16. The molecule has 2 rings (SSSR count). The maximum atomic E-state index is 12.6. The molecule has 144 valence electrons. The average molecular weight is 443 g/mol. The molecule has 28 heavy (non-hydrogen) atoms. The lowest BCUT2D eigenvalue weighted by Crippen LogP contribution is -2.15. The fourth-order valence-electron chi connectivity index (χ4n) is 2.34. The molecule has 0 saturated carbocycles. The van der Waals surface area contributed by atoms with Crippen molar-refractivity contribution in [1.82, 2.24) is 0 Å². The second-order valence-corrected chi connectivity index (χ2v) is 6.83. The number of carbonyl (C=O) groups is 2. The number of benzene rings is 2. The van der Waals surface area contributed by atoms with E-state index in [0.29, 0.717) is 17.0 Å². The molecule has 0 saturated heterocycles. The molecule has 0 bridgehead atoms. The van der Waals surface area contributed by atoms with Crippen molar-refractivity contribution in [2.75, 3.05) is 19.0 Å². The highest BCUT2D eigenvalue weighted by Gasteiger charge is 2.14. The summed E-state index contributed by atoms with van der Waals surface area (Å²) >= 11 is 3.35. The number of rotatable bonds is 6. The van der Waals surface area contributed by atoms with Crippen LogP contribution in [0.15, 0.2) is 46.4 Å². The summed E-state index contributed by atoms with van der Waals surface area (Å²) < 4.78 is 10.7. The van der Waals surface area contributed by atoms with E-state index >= 15 is 0 Å². The van der Waals surface area contributed by atoms with Gasteiger partial charge in [0.15, 0.2) is 6.61 Å². The molecule has 0 unspecified atom stereocenters. The van der Waals surface area contributed by atoms with Gasteiger partial charge in [-0.3, -0.25) is 4.79 Å². The highest BCUT2D eigenvalue weighted by molar-refractivity contribution is 9.10. The Bertz CT molecular complexity index is 977. The van der Waals surface area contributed by atoms with Gasteiger partial charge in [-0.1, -0.05) is 28.1 Å². The number of nitriles is 1. The maximum absolute atomic E-state index is 12.6. The Kier molecular flexibility index (Phi) is 7.36. The number of anilines is 1. The van der Waals surface area contributed by atoms with Crippen LogP contribution in [-0.4, -0.2) is 25.6 Å². The minimum atomic E-state index is -0.536. The van der Waals surface area contributed by atoms with Crippen molar-refractivity contribution in [3.63, 3.8) is 0 Å². The molecule has 0 fully saturated rings. The van der Waals surface area contributed by atoms with E-state index in [-0.39, 0.29) is 12.2 Å². The molecular weight excluding hydrogens is 424 g/mol. The summed E-state index contributed by atoms with van der Waals surface area (Å²) in [5.74, 6) is -0.720. The monoisotopic (exact) mass is 442 g/mol. The number of esters is 1. The molecule has 7 heteroatoms. The van der Waals surface area contributed by atoms with Gasteiger partial charge < -0.3 is 14.8 Å². The quantitative estimate of drug-likeness (QED) is 0.412. The van der Waals surface area contributed by atoms with Gasteiger partial charge >= 0.3 is 5.97 Å². The molecule has 1 N–H and O–H groups in total. The molecule has 0 aromatic heterocycles. The molecule has 0 spiro atoms. The number of hydrogen-bond donors (Lipinski definition) is 1. The standard InChI is InChI=1S/C21H19BrN2O4/c1-13-5-4-6-18(14(13)2)24-21(26)16(11-23)9-15-10-17(22)7-8-19(15)28-12-20(25)27-3/h4-10H,12H2,1-3H3,(H,24,26)/b16-9+. The van der Waals surface area contributed by atoms with Crippen LogP contribution in [0.2, 0.25) is 0 Å². The lowest BCUT2D eigenvalue weighted by atomic mass is 10.1. The molecule has 2 aromatic rings. The van der Waals surface area contributed by atoms with Crippen molar-refractivity contribution in [1.29, 1.82) is 5.26 Å². The fourth-order valence-corrected chi connectivity index (χ4v) is 2.72. The van der Waals surface area contributed by atoms with Gasteiger partial charge in [0.1, 0.15) is 17.4 Å². The van der Waals surface area contributed by atoms with Crippen LogP contribution in [0.1, 0.15) is 16.7 Å². The van der Waals surface area contributed by atoms with Crippen LogP contribution in [0.3, 0.4) is 0 Å². The summed E-state index contributed by atoms with van der Waals surface area (Å²) in [6.07, 6.45) is 1.41. The van der Waals surface area contributed by atoms with Gasteiger partial charge in [0.25, 0.3) is 5.91 Å². The molecule has 1 amide bonds. The van der Waals surface area contributed by atoms with Gasteiger partial charge in [-0.05, 0) is 55.3 Å². The summed E-state index contributed by atoms with van der Waals surface area (Å²) in [5.41, 5.74) is 2.99. The van der Waals surface area contributed by atoms with Crippen LogP contribution in [0.5, 0.6) is 5.75 Å². The minimum absolute atomic E-state index is 0.0954. The zero-order valence-electron chi connectivity index (χ0n) is 15.7. The van der Waals surface area contributed by atoms with E-state index in [1.165, 1.54) is 13.2 Å². The average Bonchev–Trinajstić information content (AvgIpc) is 2.68. The lowest BCUT2D eigenvalue weighted by molar-refractivity contribution is -0.142. The Hall–Kier alpha value is -3.11. The number of nitrogens with one attached hydrogen (secondary N) is 1. The van der Waals surface area contributed by atoms with Gasteiger partial charge in [0.05, 0.1) is 7.11 Å². The van der Waals surface area contributed by atoms with E-state index < -0.39 is 11.9 Å². The Balaban J connectivity index is 2.31. The van der Waals surface area contributed by atoms with E-state index in [4.69, 9.17) is 4.74 Å². The highest BCUT2D eigenvalue weighted by atomic mass is 79.9. The van der Waals surface area contributed by atoms with Gasteiger partial charge in [0.2, 0.25) is 0 Å². The van der Waals surface area contributed by atoms with E-state index in [1.807, 2.05) is 32.0 Å². The summed E-state index contributed by atoms with van der Waals surface area (Å²) in [6.45, 7) is 3.56. The smallest absolute Gasteiger partial charge is 0.343 e. The second kappa shape index (κ2) is 9.72. The third-order valence-corrected chi connectivity index (χ3v) is 4.56. The molecule has 0 aliphatic rings. The number of hydrogen-bond acceptors (Lipinski definition) is 5. The van der Waals surface area contributed by atoms with E-state index in [9.17, 15) is 14.9 Å². The number of methoxy groups -OCH3 is 1. The van der Waals surface area contributed by atoms with Crippen LogP contribution in [-0.2, 0) is 14.3 Å². The first kappa shape index (κ1) is 21.2. The molecule has 0 heterocycles. The number of halogens is 1. The van der Waals surface area contributed by atoms with E-state index in [1.54, 1.807) is 24.3 Å². The third-order valence-electron chi connectivity index (χ3n) is 4.06. The molecular formula is C21H19BrN2O4.